The molecular formula is C10H22OSi. The van der Waals surface area contributed by atoms with Gasteiger partial charge >= 0.3 is 0 Å². The number of rotatable bonds is 2. The topological polar surface area (TPSA) is 9.23 Å². The van der Waals surface area contributed by atoms with Crippen molar-refractivity contribution in [2.45, 2.75) is 57.0 Å². The van der Waals surface area contributed by atoms with Gasteiger partial charge in [0.25, 0.3) is 0 Å². The van der Waals surface area contributed by atoms with E-state index in [2.05, 4.69) is 19.6 Å². The second-order valence-corrected chi connectivity index (χ2v) is 10.5. The maximum atomic E-state index is 5.56. The molecule has 1 saturated carbocycles. The highest BCUT2D eigenvalue weighted by molar-refractivity contribution is 6.77. The van der Waals surface area contributed by atoms with E-state index in [0.717, 1.165) is 5.54 Å². The molecule has 0 aliphatic heterocycles. The fourth-order valence-electron chi connectivity index (χ4n) is 2.37. The van der Waals surface area contributed by atoms with E-state index in [-0.39, 0.29) is 0 Å². The zero-order valence-corrected chi connectivity index (χ0v) is 9.89. The molecule has 72 valence electrons. The van der Waals surface area contributed by atoms with E-state index in [4.69, 9.17) is 4.74 Å². The van der Waals surface area contributed by atoms with E-state index in [1.807, 2.05) is 7.11 Å². The predicted molar refractivity (Wildman–Crippen MR) is 56.4 cm³/mol. The molecular weight excluding hydrogens is 164 g/mol. The zero-order chi connectivity index (χ0) is 9.19. The number of methoxy groups -OCH3 is 1. The summed E-state index contributed by atoms with van der Waals surface area (Å²) in [5.41, 5.74) is 0.899. The zero-order valence-electron chi connectivity index (χ0n) is 8.89. The molecule has 0 bridgehead atoms. The molecule has 2 atom stereocenters. The Hall–Kier alpha value is 0.177. The van der Waals surface area contributed by atoms with Crippen molar-refractivity contribution in [1.82, 2.24) is 0 Å². The Bertz CT molecular complexity index is 139. The van der Waals surface area contributed by atoms with Crippen molar-refractivity contribution in [3.8, 4) is 0 Å². The van der Waals surface area contributed by atoms with Gasteiger partial charge in [-0.1, -0.05) is 38.9 Å². The van der Waals surface area contributed by atoms with Crippen LogP contribution in [0.4, 0.5) is 0 Å². The first-order valence-corrected chi connectivity index (χ1v) is 8.66. The minimum Gasteiger partial charge on any atom is -0.381 e. The van der Waals surface area contributed by atoms with E-state index >= 15 is 0 Å². The Kier molecular flexibility index (Phi) is 3.35. The summed E-state index contributed by atoms with van der Waals surface area (Å²) in [6.07, 6.45) is 6.08. The second-order valence-electron chi connectivity index (χ2n) is 5.03. The van der Waals surface area contributed by atoms with E-state index in [0.29, 0.717) is 6.10 Å². The minimum atomic E-state index is -0.965. The summed E-state index contributed by atoms with van der Waals surface area (Å²) in [5, 5.41) is 0. The van der Waals surface area contributed by atoms with Crippen molar-refractivity contribution >= 4 is 8.07 Å². The van der Waals surface area contributed by atoms with Gasteiger partial charge in [0, 0.05) is 7.11 Å². The molecule has 0 aromatic heterocycles. The van der Waals surface area contributed by atoms with Crippen LogP contribution in [0.15, 0.2) is 0 Å². The normalized spacial score (nSPS) is 32.0. The Morgan fingerprint density at radius 2 is 1.67 bits per heavy atom. The summed E-state index contributed by atoms with van der Waals surface area (Å²) in [6.45, 7) is 7.40. The molecule has 0 heterocycles. The van der Waals surface area contributed by atoms with Gasteiger partial charge < -0.3 is 4.74 Å². The monoisotopic (exact) mass is 186 g/mol. The van der Waals surface area contributed by atoms with Crippen LogP contribution in [-0.2, 0) is 4.74 Å². The average Bonchev–Trinajstić information content (AvgIpc) is 2.03. The molecule has 1 aliphatic rings. The van der Waals surface area contributed by atoms with E-state index in [9.17, 15) is 0 Å². The van der Waals surface area contributed by atoms with Gasteiger partial charge in [-0.2, -0.15) is 0 Å². The molecule has 1 nitrogen and oxygen atoms in total. The van der Waals surface area contributed by atoms with Crippen LogP contribution in [0.5, 0.6) is 0 Å². The molecule has 0 spiro atoms. The van der Waals surface area contributed by atoms with Gasteiger partial charge in [-0.3, -0.25) is 0 Å². The maximum Gasteiger partial charge on any atom is 0.0575 e. The van der Waals surface area contributed by atoms with Gasteiger partial charge in [0.2, 0.25) is 0 Å². The third kappa shape index (κ3) is 2.33. The number of hydrogen-bond donors (Lipinski definition) is 0. The Morgan fingerprint density at radius 1 is 1.08 bits per heavy atom. The molecule has 1 fully saturated rings. The third-order valence-electron chi connectivity index (χ3n) is 3.12. The van der Waals surface area contributed by atoms with Crippen molar-refractivity contribution in [2.24, 2.45) is 0 Å². The standard InChI is InChI=1S/C10H22OSi/c1-11-9-7-5-6-8-10(9)12(2,3)4/h9-10H,5-8H2,1-4H3/t9-,10+/m0/s1. The lowest BCUT2D eigenvalue weighted by Crippen LogP contribution is -2.39. The molecule has 0 saturated heterocycles. The van der Waals surface area contributed by atoms with Crippen molar-refractivity contribution in [1.29, 1.82) is 0 Å². The van der Waals surface area contributed by atoms with Crippen molar-refractivity contribution in [3.05, 3.63) is 0 Å². The fraction of sp³-hybridized carbons (Fsp3) is 1.00. The fourth-order valence-corrected chi connectivity index (χ4v) is 4.86. The SMILES string of the molecule is CO[C@H]1CCCC[C@H]1[Si](C)(C)C. The van der Waals surface area contributed by atoms with Crippen LogP contribution in [0, 0.1) is 0 Å². The van der Waals surface area contributed by atoms with Crippen molar-refractivity contribution in [3.63, 3.8) is 0 Å². The Morgan fingerprint density at radius 3 is 2.08 bits per heavy atom. The van der Waals surface area contributed by atoms with Gasteiger partial charge in [-0.15, -0.1) is 0 Å². The van der Waals surface area contributed by atoms with Gasteiger partial charge in [0.15, 0.2) is 0 Å². The van der Waals surface area contributed by atoms with Gasteiger partial charge in [-0.05, 0) is 12.0 Å². The first kappa shape index (κ1) is 10.3. The average molecular weight is 186 g/mol. The van der Waals surface area contributed by atoms with Crippen molar-refractivity contribution in [2.75, 3.05) is 7.11 Å². The summed E-state index contributed by atoms with van der Waals surface area (Å²) < 4.78 is 5.56. The molecule has 0 radical (unpaired) electrons. The van der Waals surface area contributed by atoms with Crippen LogP contribution in [-0.4, -0.2) is 21.3 Å². The lowest BCUT2D eigenvalue weighted by atomic mass is 9.97. The molecule has 0 aromatic carbocycles. The van der Waals surface area contributed by atoms with Gasteiger partial charge in [0.1, 0.15) is 0 Å². The summed E-state index contributed by atoms with van der Waals surface area (Å²) in [4.78, 5) is 0. The van der Waals surface area contributed by atoms with E-state index in [1.54, 1.807) is 0 Å². The van der Waals surface area contributed by atoms with Crippen molar-refractivity contribution < 1.29 is 4.74 Å². The van der Waals surface area contributed by atoms with Crippen LogP contribution in [0.1, 0.15) is 25.7 Å². The van der Waals surface area contributed by atoms with Crippen LogP contribution < -0.4 is 0 Å². The van der Waals surface area contributed by atoms with E-state index < -0.39 is 8.07 Å². The first-order valence-electron chi connectivity index (χ1n) is 5.08. The Labute approximate surface area is 77.5 Å². The van der Waals surface area contributed by atoms with Crippen LogP contribution in [0.2, 0.25) is 25.2 Å². The van der Waals surface area contributed by atoms with Crippen LogP contribution in [0.25, 0.3) is 0 Å². The predicted octanol–water partition coefficient (Wildman–Crippen LogP) is 3.28. The molecule has 1 aliphatic carbocycles. The molecule has 2 heteroatoms. The molecule has 0 N–H and O–H groups in total. The lowest BCUT2D eigenvalue weighted by molar-refractivity contribution is 0.0690. The maximum absolute atomic E-state index is 5.56. The Balaban J connectivity index is 2.59. The summed E-state index contributed by atoms with van der Waals surface area (Å²) in [7, 11) is 0.913. The number of hydrogen-bond acceptors (Lipinski definition) is 1. The summed E-state index contributed by atoms with van der Waals surface area (Å²) >= 11 is 0. The third-order valence-corrected chi connectivity index (χ3v) is 6.00. The highest BCUT2D eigenvalue weighted by Gasteiger charge is 2.35. The van der Waals surface area contributed by atoms with Gasteiger partial charge in [0.05, 0.1) is 14.2 Å². The highest BCUT2D eigenvalue weighted by atomic mass is 28.3. The molecule has 1 rings (SSSR count). The van der Waals surface area contributed by atoms with Crippen LogP contribution in [0.3, 0.4) is 0 Å². The highest BCUT2D eigenvalue weighted by Crippen LogP contribution is 2.38. The largest absolute Gasteiger partial charge is 0.381 e. The summed E-state index contributed by atoms with van der Waals surface area (Å²) in [6, 6.07) is 0. The smallest absolute Gasteiger partial charge is 0.0575 e. The lowest BCUT2D eigenvalue weighted by Gasteiger charge is -2.38. The first-order chi connectivity index (χ1) is 5.55. The summed E-state index contributed by atoms with van der Waals surface area (Å²) in [5.74, 6) is 0. The van der Waals surface area contributed by atoms with Gasteiger partial charge in [-0.25, -0.2) is 0 Å². The van der Waals surface area contributed by atoms with E-state index in [1.165, 1.54) is 25.7 Å². The quantitative estimate of drug-likeness (QED) is 0.601. The second kappa shape index (κ2) is 3.92. The molecule has 0 aromatic rings. The minimum absolute atomic E-state index is 0.574. The number of ether oxygens (including phenoxy) is 1. The molecule has 0 amide bonds. The molecule has 12 heavy (non-hydrogen) atoms. The molecule has 0 unspecified atom stereocenters. The van der Waals surface area contributed by atoms with Crippen LogP contribution >= 0.6 is 0 Å².